The molecule has 7 nitrogen and oxygen atoms in total. The molecule has 2 aromatic rings. The third-order valence-electron chi connectivity index (χ3n) is 6.92. The number of carbonyl (C=O) groups excluding carboxylic acids is 2. The summed E-state index contributed by atoms with van der Waals surface area (Å²) >= 11 is 0. The van der Waals surface area contributed by atoms with Crippen molar-refractivity contribution in [2.75, 3.05) is 17.1 Å². The topological polar surface area (TPSA) is 86.8 Å². The van der Waals surface area contributed by atoms with Crippen molar-refractivity contribution in [1.29, 1.82) is 0 Å². The first-order chi connectivity index (χ1) is 17.4. The summed E-state index contributed by atoms with van der Waals surface area (Å²) in [7, 11) is -3.53. The van der Waals surface area contributed by atoms with Gasteiger partial charge in [0.15, 0.2) is 0 Å². The maximum atomic E-state index is 13.6. The average Bonchev–Trinajstić information content (AvgIpc) is 2.83. The number of nitrogens with zero attached hydrogens (tertiary/aromatic N) is 2. The lowest BCUT2D eigenvalue weighted by Crippen LogP contribution is -2.50. The minimum absolute atomic E-state index is 0.0123. The summed E-state index contributed by atoms with van der Waals surface area (Å²) in [5.41, 5.74) is 4.72. The molecule has 2 atom stereocenters. The van der Waals surface area contributed by atoms with E-state index in [4.69, 9.17) is 0 Å². The molecule has 0 fully saturated rings. The fourth-order valence-corrected chi connectivity index (χ4v) is 5.17. The molecule has 8 heteroatoms. The Morgan fingerprint density at radius 2 is 1.62 bits per heavy atom. The second-order valence-corrected chi connectivity index (χ2v) is 11.8. The van der Waals surface area contributed by atoms with Gasteiger partial charge in [-0.15, -0.1) is 0 Å². The molecule has 204 valence electrons. The summed E-state index contributed by atoms with van der Waals surface area (Å²) in [5.74, 6) is -0.324. The van der Waals surface area contributed by atoms with Crippen molar-refractivity contribution in [3.8, 4) is 0 Å². The Bertz CT molecular complexity index is 1180. The highest BCUT2D eigenvalue weighted by molar-refractivity contribution is 7.92. The molecule has 0 spiro atoms. The Balaban J connectivity index is 2.25. The first-order valence-electron chi connectivity index (χ1n) is 13.1. The van der Waals surface area contributed by atoms with Gasteiger partial charge in [0.25, 0.3) is 0 Å². The first-order valence-corrected chi connectivity index (χ1v) is 14.9. The molecule has 2 aromatic carbocycles. The number of rotatable bonds is 13. The van der Waals surface area contributed by atoms with Crippen LogP contribution in [0.15, 0.2) is 42.5 Å². The highest BCUT2D eigenvalue weighted by Gasteiger charge is 2.29. The zero-order chi connectivity index (χ0) is 27.8. The van der Waals surface area contributed by atoms with E-state index in [1.54, 1.807) is 11.0 Å². The zero-order valence-electron chi connectivity index (χ0n) is 23.4. The molecule has 1 N–H and O–H groups in total. The lowest BCUT2D eigenvalue weighted by molar-refractivity contribution is -0.141. The monoisotopic (exact) mass is 529 g/mol. The van der Waals surface area contributed by atoms with Crippen LogP contribution in [0.2, 0.25) is 0 Å². The highest BCUT2D eigenvalue weighted by atomic mass is 32.2. The number of nitrogens with one attached hydrogen (secondary N) is 1. The summed E-state index contributed by atoms with van der Waals surface area (Å²) in [6.45, 7) is 12.3. The molecule has 0 unspecified atom stereocenters. The lowest BCUT2D eigenvalue weighted by atomic mass is 10.0. The van der Waals surface area contributed by atoms with E-state index in [-0.39, 0.29) is 30.8 Å². The van der Waals surface area contributed by atoms with Gasteiger partial charge in [-0.2, -0.15) is 0 Å². The van der Waals surface area contributed by atoms with Crippen LogP contribution in [0.3, 0.4) is 0 Å². The van der Waals surface area contributed by atoms with Crippen LogP contribution in [0.5, 0.6) is 0 Å². The second kappa shape index (κ2) is 13.6. The number of hydrogen-bond donors (Lipinski definition) is 1. The quantitative estimate of drug-likeness (QED) is 0.401. The predicted molar refractivity (Wildman–Crippen MR) is 151 cm³/mol. The van der Waals surface area contributed by atoms with Gasteiger partial charge in [0, 0.05) is 25.6 Å². The van der Waals surface area contributed by atoms with Gasteiger partial charge in [0.2, 0.25) is 21.8 Å². The maximum absolute atomic E-state index is 13.6. The summed E-state index contributed by atoms with van der Waals surface area (Å²) in [5, 5.41) is 3.02. The van der Waals surface area contributed by atoms with E-state index in [0.717, 1.165) is 28.7 Å². The molecule has 37 heavy (non-hydrogen) atoms. The molecule has 0 bridgehead atoms. The Kier molecular flexibility index (Phi) is 11.2. The van der Waals surface area contributed by atoms with Crippen molar-refractivity contribution in [3.05, 3.63) is 64.7 Å². The van der Waals surface area contributed by atoms with Crippen LogP contribution in [-0.4, -0.2) is 50.0 Å². The van der Waals surface area contributed by atoms with Gasteiger partial charge in [0.1, 0.15) is 6.04 Å². The highest BCUT2D eigenvalue weighted by Crippen LogP contribution is 2.23. The molecule has 0 aliphatic carbocycles. The van der Waals surface area contributed by atoms with Gasteiger partial charge >= 0.3 is 0 Å². The van der Waals surface area contributed by atoms with Gasteiger partial charge in [-0.25, -0.2) is 8.42 Å². The van der Waals surface area contributed by atoms with Crippen LogP contribution < -0.4 is 9.62 Å². The third kappa shape index (κ3) is 8.59. The molecular weight excluding hydrogens is 486 g/mol. The number of hydrogen-bond acceptors (Lipinski definition) is 4. The number of sulfonamides is 1. The summed E-state index contributed by atoms with van der Waals surface area (Å²) in [4.78, 5) is 28.3. The number of benzene rings is 2. The number of amides is 2. The lowest BCUT2D eigenvalue weighted by Gasteiger charge is -2.32. The van der Waals surface area contributed by atoms with E-state index < -0.39 is 16.1 Å². The van der Waals surface area contributed by atoms with Crippen LogP contribution in [0, 0.1) is 20.8 Å². The van der Waals surface area contributed by atoms with E-state index in [1.165, 1.54) is 10.6 Å². The third-order valence-corrected chi connectivity index (χ3v) is 8.11. The van der Waals surface area contributed by atoms with Crippen molar-refractivity contribution in [3.63, 3.8) is 0 Å². The smallest absolute Gasteiger partial charge is 0.243 e. The molecule has 0 saturated carbocycles. The second-order valence-electron chi connectivity index (χ2n) is 9.90. The fourth-order valence-electron chi connectivity index (χ4n) is 4.22. The Morgan fingerprint density at radius 3 is 2.19 bits per heavy atom. The van der Waals surface area contributed by atoms with Crippen molar-refractivity contribution < 1.29 is 18.0 Å². The van der Waals surface area contributed by atoms with Crippen molar-refractivity contribution >= 4 is 27.5 Å². The van der Waals surface area contributed by atoms with Gasteiger partial charge in [-0.05, 0) is 81.3 Å². The molecular formula is C29H43N3O4S. The molecule has 0 heterocycles. The Morgan fingerprint density at radius 1 is 0.946 bits per heavy atom. The summed E-state index contributed by atoms with van der Waals surface area (Å²) in [6.07, 6.45) is 2.94. The van der Waals surface area contributed by atoms with E-state index in [2.05, 4.69) is 5.32 Å². The first kappa shape index (κ1) is 30.4. The molecule has 0 aliphatic rings. The molecule has 2 rings (SSSR count). The van der Waals surface area contributed by atoms with Gasteiger partial charge < -0.3 is 10.2 Å². The number of aryl methyl sites for hydroxylation is 3. The largest absolute Gasteiger partial charge is 0.352 e. The maximum Gasteiger partial charge on any atom is 0.243 e. The minimum Gasteiger partial charge on any atom is -0.352 e. The van der Waals surface area contributed by atoms with Crippen molar-refractivity contribution in [2.24, 2.45) is 0 Å². The predicted octanol–water partition coefficient (Wildman–Crippen LogP) is 4.88. The standard InChI is InChI=1S/C29H43N3O4S/c1-8-24(6)30-29(34)27(9-2)31(20-25-14-11-10-13-22(25)4)28(33)15-12-18-32(37(7,35)36)26-17-16-21(3)23(5)19-26/h10-11,13-14,16-17,19,24,27H,8-9,12,15,18,20H2,1-7H3,(H,30,34)/t24-,27-/m1/s1. The van der Waals surface area contributed by atoms with E-state index in [1.807, 2.05) is 77.9 Å². The molecule has 0 radical (unpaired) electrons. The van der Waals surface area contributed by atoms with Crippen LogP contribution in [0.1, 0.15) is 68.7 Å². The van der Waals surface area contributed by atoms with E-state index in [0.29, 0.717) is 25.1 Å². The SMILES string of the molecule is CC[C@@H](C)NC(=O)[C@@H](CC)N(Cc1ccccc1C)C(=O)CCCN(c1ccc(C)c(C)c1)S(C)(=O)=O. The van der Waals surface area contributed by atoms with Crippen molar-refractivity contribution in [1.82, 2.24) is 10.2 Å². The summed E-state index contributed by atoms with van der Waals surface area (Å²) < 4.78 is 26.5. The van der Waals surface area contributed by atoms with Crippen LogP contribution in [-0.2, 0) is 26.2 Å². The van der Waals surface area contributed by atoms with Crippen LogP contribution in [0.25, 0.3) is 0 Å². The van der Waals surface area contributed by atoms with E-state index in [9.17, 15) is 18.0 Å². The number of anilines is 1. The van der Waals surface area contributed by atoms with Crippen molar-refractivity contribution in [2.45, 2.75) is 85.9 Å². The van der Waals surface area contributed by atoms with E-state index >= 15 is 0 Å². The zero-order valence-corrected chi connectivity index (χ0v) is 24.2. The molecule has 0 aromatic heterocycles. The molecule has 0 aliphatic heterocycles. The number of carbonyl (C=O) groups is 2. The summed E-state index contributed by atoms with van der Waals surface area (Å²) in [6, 6.07) is 12.8. The van der Waals surface area contributed by atoms with Gasteiger partial charge in [0.05, 0.1) is 11.9 Å². The molecule has 0 saturated heterocycles. The average molecular weight is 530 g/mol. The van der Waals surface area contributed by atoms with Gasteiger partial charge in [-0.3, -0.25) is 13.9 Å². The minimum atomic E-state index is -3.53. The molecule has 2 amide bonds. The fraction of sp³-hybridized carbons (Fsp3) is 0.517. The van der Waals surface area contributed by atoms with Crippen LogP contribution in [0.4, 0.5) is 5.69 Å². The normalized spacial score (nSPS) is 13.1. The Hall–Kier alpha value is -2.87. The Labute approximate surface area is 223 Å². The van der Waals surface area contributed by atoms with Crippen LogP contribution >= 0.6 is 0 Å². The van der Waals surface area contributed by atoms with Gasteiger partial charge in [-0.1, -0.05) is 44.2 Å².